The molecule has 0 fully saturated rings. The molecule has 0 radical (unpaired) electrons. The first kappa shape index (κ1) is 15.4. The molecule has 9 heteroatoms. The second-order valence-corrected chi connectivity index (χ2v) is 4.88. The van der Waals surface area contributed by atoms with Crippen molar-refractivity contribution in [3.8, 4) is 0 Å². The number of nitrogens with one attached hydrogen (secondary N) is 2. The number of pyridine rings is 1. The predicted octanol–water partition coefficient (Wildman–Crippen LogP) is 0.539. The van der Waals surface area contributed by atoms with E-state index in [0.717, 1.165) is 4.40 Å². The normalized spacial score (nSPS) is 10.7. The van der Waals surface area contributed by atoms with Gasteiger partial charge in [-0.05, 0) is 26.0 Å². The summed E-state index contributed by atoms with van der Waals surface area (Å²) in [4.78, 5) is 38.1. The molecule has 0 aromatic carbocycles. The Morgan fingerprint density at radius 3 is 2.82 bits per heavy atom. The van der Waals surface area contributed by atoms with Gasteiger partial charge >= 0.3 is 11.2 Å². The molecule has 0 unspecified atom stereocenters. The Labute approximate surface area is 125 Å². The predicted molar refractivity (Wildman–Crippen MR) is 79.9 cm³/mol. The third-order valence-corrected chi connectivity index (χ3v) is 2.76. The number of rotatable bonds is 5. The third kappa shape index (κ3) is 3.19. The first-order valence-electron chi connectivity index (χ1n) is 6.59. The van der Waals surface area contributed by atoms with Crippen LogP contribution in [-0.4, -0.2) is 32.8 Å². The molecular weight excluding hydrogens is 290 g/mol. The Morgan fingerprint density at radius 2 is 2.18 bits per heavy atom. The summed E-state index contributed by atoms with van der Waals surface area (Å²) < 4.78 is 1.08. The third-order valence-electron chi connectivity index (χ3n) is 2.76. The van der Waals surface area contributed by atoms with Crippen LogP contribution >= 0.6 is 0 Å². The van der Waals surface area contributed by atoms with Crippen LogP contribution < -0.4 is 16.2 Å². The second-order valence-electron chi connectivity index (χ2n) is 4.88. The molecule has 0 atom stereocenters. The minimum Gasteiger partial charge on any atom is -0.355 e. The van der Waals surface area contributed by atoms with Gasteiger partial charge in [0.1, 0.15) is 5.65 Å². The zero-order valence-corrected chi connectivity index (χ0v) is 12.1. The van der Waals surface area contributed by atoms with Crippen molar-refractivity contribution in [2.75, 3.05) is 11.9 Å². The molecule has 2 aromatic rings. The number of carbonyl (C=O) groups is 1. The molecule has 0 aliphatic heterocycles. The van der Waals surface area contributed by atoms with Crippen molar-refractivity contribution in [2.45, 2.75) is 19.9 Å². The Morgan fingerprint density at radius 1 is 1.45 bits per heavy atom. The molecule has 0 bridgehead atoms. The molecule has 2 aromatic heterocycles. The van der Waals surface area contributed by atoms with Crippen LogP contribution in [0.15, 0.2) is 29.2 Å². The number of hydrogen-bond acceptors (Lipinski definition) is 6. The minimum atomic E-state index is -0.808. The van der Waals surface area contributed by atoms with E-state index in [1.807, 2.05) is 0 Å². The van der Waals surface area contributed by atoms with Gasteiger partial charge in [-0.2, -0.15) is 0 Å². The molecule has 2 N–H and O–H groups in total. The molecule has 116 valence electrons. The molecule has 0 aliphatic rings. The van der Waals surface area contributed by atoms with Gasteiger partial charge in [0.05, 0.1) is 11.5 Å². The maximum Gasteiger partial charge on any atom is 0.376 e. The average Bonchev–Trinajstić information content (AvgIpc) is 2.44. The molecule has 22 heavy (non-hydrogen) atoms. The largest absolute Gasteiger partial charge is 0.376 e. The average molecular weight is 305 g/mol. The molecule has 0 spiro atoms. The topological polar surface area (TPSA) is 119 Å². The fraction of sp³-hybridized carbons (Fsp3) is 0.308. The van der Waals surface area contributed by atoms with E-state index in [4.69, 9.17) is 0 Å². The van der Waals surface area contributed by atoms with Crippen molar-refractivity contribution >= 4 is 23.1 Å². The number of amides is 1. The van der Waals surface area contributed by atoms with Crippen molar-refractivity contribution in [1.29, 1.82) is 0 Å². The van der Waals surface area contributed by atoms with Gasteiger partial charge in [-0.1, -0.05) is 6.07 Å². The van der Waals surface area contributed by atoms with Gasteiger partial charge in [0, 0.05) is 12.2 Å². The van der Waals surface area contributed by atoms with E-state index in [-0.39, 0.29) is 30.0 Å². The summed E-state index contributed by atoms with van der Waals surface area (Å²) in [6, 6.07) is 4.72. The van der Waals surface area contributed by atoms with Gasteiger partial charge in [-0.15, -0.1) is 0 Å². The summed E-state index contributed by atoms with van der Waals surface area (Å²) in [6.45, 7) is 3.37. The van der Waals surface area contributed by atoms with Crippen LogP contribution in [0.3, 0.4) is 0 Å². The first-order chi connectivity index (χ1) is 10.4. The number of aromatic nitrogens is 2. The highest BCUT2D eigenvalue weighted by Crippen LogP contribution is 2.17. The lowest BCUT2D eigenvalue weighted by atomic mass is 10.3. The Kier molecular flexibility index (Phi) is 4.35. The van der Waals surface area contributed by atoms with E-state index in [2.05, 4.69) is 15.6 Å². The van der Waals surface area contributed by atoms with Crippen molar-refractivity contribution in [1.82, 2.24) is 14.7 Å². The van der Waals surface area contributed by atoms with Crippen molar-refractivity contribution in [3.05, 3.63) is 44.9 Å². The lowest BCUT2D eigenvalue weighted by Crippen LogP contribution is -2.35. The highest BCUT2D eigenvalue weighted by atomic mass is 16.6. The second kappa shape index (κ2) is 6.20. The van der Waals surface area contributed by atoms with Crippen LogP contribution in [0.1, 0.15) is 13.8 Å². The van der Waals surface area contributed by atoms with Gasteiger partial charge in [0.15, 0.2) is 0 Å². The van der Waals surface area contributed by atoms with Gasteiger partial charge in [-0.3, -0.25) is 24.1 Å². The molecular formula is C13H15N5O4. The number of hydrogen-bond donors (Lipinski definition) is 2. The van der Waals surface area contributed by atoms with Crippen LogP contribution in [0.2, 0.25) is 0 Å². The van der Waals surface area contributed by atoms with E-state index in [0.29, 0.717) is 0 Å². The zero-order valence-electron chi connectivity index (χ0n) is 12.1. The summed E-state index contributed by atoms with van der Waals surface area (Å²) in [5, 5.41) is 16.3. The number of carbonyl (C=O) groups excluding carboxylic acids is 1. The quantitative estimate of drug-likeness (QED) is 0.614. The Bertz CT molecular complexity index is 784. The number of fused-ring (bicyclic) bond motifs is 1. The highest BCUT2D eigenvalue weighted by Gasteiger charge is 2.23. The maximum atomic E-state index is 12.2. The van der Waals surface area contributed by atoms with E-state index in [9.17, 15) is 19.7 Å². The van der Waals surface area contributed by atoms with E-state index < -0.39 is 16.2 Å². The standard InChI is InChI=1S/C13H15N5O4/c1-8(2)15-10(19)7-14-12-11(18(21)22)13(20)17-6-4-3-5-9(17)16-12/h3-6,8,14H,7H2,1-2H3,(H,15,19). The maximum absolute atomic E-state index is 12.2. The zero-order chi connectivity index (χ0) is 16.3. The van der Waals surface area contributed by atoms with E-state index in [1.165, 1.54) is 6.20 Å². The summed E-state index contributed by atoms with van der Waals surface area (Å²) in [7, 11) is 0. The summed E-state index contributed by atoms with van der Waals surface area (Å²) in [5.74, 6) is -0.570. The fourth-order valence-corrected chi connectivity index (χ4v) is 1.90. The van der Waals surface area contributed by atoms with Crippen LogP contribution in [0, 0.1) is 10.1 Å². The van der Waals surface area contributed by atoms with Crippen LogP contribution in [0.4, 0.5) is 11.5 Å². The SMILES string of the molecule is CC(C)NC(=O)CNc1nc2ccccn2c(=O)c1[N+](=O)[O-]. The lowest BCUT2D eigenvalue weighted by Gasteiger charge is -2.10. The number of nitro groups is 1. The number of nitrogens with zero attached hydrogens (tertiary/aromatic N) is 3. The lowest BCUT2D eigenvalue weighted by molar-refractivity contribution is -0.385. The molecule has 0 aliphatic carbocycles. The molecule has 0 saturated heterocycles. The molecule has 9 nitrogen and oxygen atoms in total. The Hall–Kier alpha value is -2.97. The van der Waals surface area contributed by atoms with Crippen LogP contribution in [0.5, 0.6) is 0 Å². The van der Waals surface area contributed by atoms with Crippen molar-refractivity contribution < 1.29 is 9.72 Å². The summed E-state index contributed by atoms with van der Waals surface area (Å²) >= 11 is 0. The van der Waals surface area contributed by atoms with Crippen molar-refractivity contribution in [3.63, 3.8) is 0 Å². The van der Waals surface area contributed by atoms with E-state index >= 15 is 0 Å². The molecule has 0 saturated carbocycles. The Balaban J connectivity index is 2.40. The van der Waals surface area contributed by atoms with Crippen LogP contribution in [0.25, 0.3) is 5.65 Å². The van der Waals surface area contributed by atoms with Crippen LogP contribution in [-0.2, 0) is 4.79 Å². The highest BCUT2D eigenvalue weighted by molar-refractivity contribution is 5.81. The van der Waals surface area contributed by atoms with Gasteiger partial charge < -0.3 is 10.6 Å². The smallest absolute Gasteiger partial charge is 0.355 e. The monoisotopic (exact) mass is 305 g/mol. The van der Waals surface area contributed by atoms with Crippen molar-refractivity contribution in [2.24, 2.45) is 0 Å². The molecule has 2 rings (SSSR count). The molecule has 2 heterocycles. The summed E-state index contributed by atoms with van der Waals surface area (Å²) in [6.07, 6.45) is 1.40. The van der Waals surface area contributed by atoms with Gasteiger partial charge in [0.25, 0.3) is 0 Å². The van der Waals surface area contributed by atoms with E-state index in [1.54, 1.807) is 32.0 Å². The fourth-order valence-electron chi connectivity index (χ4n) is 1.90. The minimum absolute atomic E-state index is 0.0560. The van der Waals surface area contributed by atoms with Gasteiger partial charge in [-0.25, -0.2) is 4.98 Å². The van der Waals surface area contributed by atoms with Gasteiger partial charge in [0.2, 0.25) is 11.7 Å². The summed E-state index contributed by atoms with van der Waals surface area (Å²) in [5.41, 5.74) is -1.24. The number of anilines is 1. The molecule has 1 amide bonds. The first-order valence-corrected chi connectivity index (χ1v) is 6.59.